The minimum absolute atomic E-state index is 0.516. The van der Waals surface area contributed by atoms with Gasteiger partial charge < -0.3 is 4.90 Å². The van der Waals surface area contributed by atoms with E-state index in [1.807, 2.05) is 0 Å². The van der Waals surface area contributed by atoms with Crippen LogP contribution < -0.4 is 0 Å². The molecular weight excluding hydrogens is 146 g/mol. The Hall–Kier alpha value is -0.560. The summed E-state index contributed by atoms with van der Waals surface area (Å²) in [4.78, 5) is 2.29. The first kappa shape index (κ1) is 8.06. The molecule has 2 unspecified atom stereocenters. The van der Waals surface area contributed by atoms with E-state index in [9.17, 15) is 0 Å². The second-order valence-corrected chi connectivity index (χ2v) is 4.50. The molecule has 0 N–H and O–H groups in total. The summed E-state index contributed by atoms with van der Waals surface area (Å²) in [5.41, 5.74) is 2.09. The van der Waals surface area contributed by atoms with E-state index < -0.39 is 0 Å². The fourth-order valence-corrected chi connectivity index (χ4v) is 2.44. The summed E-state index contributed by atoms with van der Waals surface area (Å²) in [6.07, 6.45) is 8.24. The van der Waals surface area contributed by atoms with E-state index in [2.05, 4.69) is 44.1 Å². The number of fused-ring (bicyclic) bond motifs is 1. The highest BCUT2D eigenvalue weighted by Crippen LogP contribution is 2.59. The van der Waals surface area contributed by atoms with Gasteiger partial charge in [0, 0.05) is 12.0 Å². The largest absolute Gasteiger partial charge is 0.309 e. The molecule has 12 heavy (non-hydrogen) atoms. The number of hydrogen-bond donors (Lipinski definition) is 0. The quantitative estimate of drug-likeness (QED) is 0.602. The van der Waals surface area contributed by atoms with Crippen molar-refractivity contribution in [3.8, 4) is 0 Å². The van der Waals surface area contributed by atoms with Gasteiger partial charge in [-0.15, -0.1) is 0 Å². The molecule has 0 saturated heterocycles. The molecule has 0 aliphatic heterocycles. The van der Waals surface area contributed by atoms with Crippen LogP contribution in [0.15, 0.2) is 23.8 Å². The molecule has 1 fully saturated rings. The Balaban J connectivity index is 2.10. The van der Waals surface area contributed by atoms with Crippen LogP contribution in [0.1, 0.15) is 13.3 Å². The second-order valence-electron chi connectivity index (χ2n) is 4.50. The van der Waals surface area contributed by atoms with Gasteiger partial charge in [0.1, 0.15) is 0 Å². The van der Waals surface area contributed by atoms with Crippen molar-refractivity contribution >= 4 is 0 Å². The summed E-state index contributed by atoms with van der Waals surface area (Å²) >= 11 is 0. The lowest BCUT2D eigenvalue weighted by molar-refractivity contribution is 0.336. The van der Waals surface area contributed by atoms with Gasteiger partial charge in [-0.3, -0.25) is 0 Å². The highest BCUT2D eigenvalue weighted by atomic mass is 15.1. The molecule has 2 rings (SSSR count). The van der Waals surface area contributed by atoms with E-state index in [4.69, 9.17) is 0 Å². The molecular formula is C11H17N. The molecule has 0 aromatic rings. The maximum Gasteiger partial charge on any atom is 0.00836 e. The highest BCUT2D eigenvalue weighted by molar-refractivity contribution is 5.35. The van der Waals surface area contributed by atoms with Crippen LogP contribution in [0.3, 0.4) is 0 Å². The van der Waals surface area contributed by atoms with Gasteiger partial charge in [0.05, 0.1) is 0 Å². The maximum absolute atomic E-state index is 2.39. The van der Waals surface area contributed by atoms with Crippen molar-refractivity contribution in [2.24, 2.45) is 11.3 Å². The van der Waals surface area contributed by atoms with Crippen molar-refractivity contribution < 1.29 is 0 Å². The average molecular weight is 163 g/mol. The van der Waals surface area contributed by atoms with Gasteiger partial charge in [-0.05, 0) is 33.4 Å². The smallest absolute Gasteiger partial charge is 0.00836 e. The molecule has 0 aromatic heterocycles. The van der Waals surface area contributed by atoms with Crippen molar-refractivity contribution in [1.82, 2.24) is 4.90 Å². The van der Waals surface area contributed by atoms with Gasteiger partial charge in [0.2, 0.25) is 0 Å². The van der Waals surface area contributed by atoms with E-state index >= 15 is 0 Å². The summed E-state index contributed by atoms with van der Waals surface area (Å²) in [7, 11) is 4.32. The van der Waals surface area contributed by atoms with Gasteiger partial charge >= 0.3 is 0 Å². The first-order valence-corrected chi connectivity index (χ1v) is 4.65. The Morgan fingerprint density at radius 2 is 2.33 bits per heavy atom. The average Bonchev–Trinajstić information content (AvgIpc) is 2.62. The number of nitrogens with zero attached hydrogens (tertiary/aromatic N) is 1. The highest BCUT2D eigenvalue weighted by Gasteiger charge is 2.53. The van der Waals surface area contributed by atoms with Crippen LogP contribution in [0.2, 0.25) is 0 Å². The Bertz CT molecular complexity index is 250. The molecule has 66 valence electrons. The Morgan fingerprint density at radius 3 is 3.00 bits per heavy atom. The van der Waals surface area contributed by atoms with E-state index in [1.165, 1.54) is 13.0 Å². The fourth-order valence-electron chi connectivity index (χ4n) is 2.44. The fraction of sp³-hybridized carbons (Fsp3) is 0.636. The zero-order valence-electron chi connectivity index (χ0n) is 8.17. The lowest BCUT2D eigenvalue weighted by Crippen LogP contribution is -2.23. The van der Waals surface area contributed by atoms with Gasteiger partial charge in [-0.2, -0.15) is 0 Å². The standard InChI is InChI=1S/C11H17N/c1-9-5-4-6-11(7-10(9)11)8-12(2)3/h4-6,10H,7-8H2,1-3H3. The second kappa shape index (κ2) is 2.46. The summed E-state index contributed by atoms with van der Waals surface area (Å²) < 4.78 is 0. The van der Waals surface area contributed by atoms with E-state index in [0.29, 0.717) is 5.41 Å². The lowest BCUT2D eigenvalue weighted by atomic mass is 9.94. The van der Waals surface area contributed by atoms with Crippen LogP contribution in [0.5, 0.6) is 0 Å². The first-order chi connectivity index (χ1) is 5.64. The summed E-state index contributed by atoms with van der Waals surface area (Å²) in [5.74, 6) is 0.852. The topological polar surface area (TPSA) is 3.24 Å². The van der Waals surface area contributed by atoms with E-state index in [1.54, 1.807) is 5.57 Å². The molecule has 1 heteroatoms. The third kappa shape index (κ3) is 1.13. The number of hydrogen-bond acceptors (Lipinski definition) is 1. The van der Waals surface area contributed by atoms with E-state index in [0.717, 1.165) is 5.92 Å². The van der Waals surface area contributed by atoms with Crippen LogP contribution in [0.4, 0.5) is 0 Å². The van der Waals surface area contributed by atoms with Crippen LogP contribution in [0, 0.1) is 11.3 Å². The van der Waals surface area contributed by atoms with Crippen LogP contribution >= 0.6 is 0 Å². The van der Waals surface area contributed by atoms with Gasteiger partial charge in [0.25, 0.3) is 0 Å². The normalized spacial score (nSPS) is 38.0. The van der Waals surface area contributed by atoms with Crippen LogP contribution in [-0.4, -0.2) is 25.5 Å². The molecule has 2 aliphatic rings. The summed E-state index contributed by atoms with van der Waals surface area (Å²) in [5, 5.41) is 0. The molecule has 0 aromatic carbocycles. The van der Waals surface area contributed by atoms with Gasteiger partial charge in [-0.25, -0.2) is 0 Å². The Kier molecular flexibility index (Phi) is 1.65. The molecule has 0 spiro atoms. The molecule has 0 bridgehead atoms. The Labute approximate surface area is 74.8 Å². The monoisotopic (exact) mass is 163 g/mol. The molecule has 0 heterocycles. The van der Waals surface area contributed by atoms with Crippen LogP contribution in [0.25, 0.3) is 0 Å². The third-order valence-electron chi connectivity index (χ3n) is 3.07. The van der Waals surface area contributed by atoms with Crippen molar-refractivity contribution in [2.75, 3.05) is 20.6 Å². The van der Waals surface area contributed by atoms with E-state index in [-0.39, 0.29) is 0 Å². The summed E-state index contributed by atoms with van der Waals surface area (Å²) in [6.45, 7) is 3.46. The number of rotatable bonds is 2. The third-order valence-corrected chi connectivity index (χ3v) is 3.07. The summed E-state index contributed by atoms with van der Waals surface area (Å²) in [6, 6.07) is 0. The first-order valence-electron chi connectivity index (χ1n) is 4.65. The minimum atomic E-state index is 0.516. The van der Waals surface area contributed by atoms with Gasteiger partial charge in [-0.1, -0.05) is 23.8 Å². The SMILES string of the molecule is CC1=CC=CC2(CN(C)C)CC12. The van der Waals surface area contributed by atoms with Gasteiger partial charge in [0.15, 0.2) is 0 Å². The maximum atomic E-state index is 2.39. The van der Waals surface area contributed by atoms with Crippen molar-refractivity contribution in [3.05, 3.63) is 23.8 Å². The molecule has 0 amide bonds. The zero-order valence-corrected chi connectivity index (χ0v) is 8.17. The molecule has 2 atom stereocenters. The van der Waals surface area contributed by atoms with Crippen molar-refractivity contribution in [3.63, 3.8) is 0 Å². The molecule has 0 radical (unpaired) electrons. The predicted octanol–water partition coefficient (Wildman–Crippen LogP) is 2.07. The van der Waals surface area contributed by atoms with Crippen molar-refractivity contribution in [1.29, 1.82) is 0 Å². The molecule has 1 nitrogen and oxygen atoms in total. The van der Waals surface area contributed by atoms with Crippen molar-refractivity contribution in [2.45, 2.75) is 13.3 Å². The Morgan fingerprint density at radius 1 is 1.58 bits per heavy atom. The molecule has 2 aliphatic carbocycles. The predicted molar refractivity (Wildman–Crippen MR) is 52.0 cm³/mol. The number of allylic oxidation sites excluding steroid dienone is 3. The zero-order chi connectivity index (χ0) is 8.77. The van der Waals surface area contributed by atoms with Crippen LogP contribution in [-0.2, 0) is 0 Å². The lowest BCUT2D eigenvalue weighted by Gasteiger charge is -2.20. The minimum Gasteiger partial charge on any atom is -0.309 e. The molecule has 1 saturated carbocycles.